The number of hydrogen-bond acceptors (Lipinski definition) is 3. The zero-order valence-corrected chi connectivity index (χ0v) is 33.6. The van der Waals surface area contributed by atoms with Gasteiger partial charge >= 0.3 is 0 Å². The molecule has 13 rings (SSSR count). The van der Waals surface area contributed by atoms with Crippen molar-refractivity contribution in [1.82, 2.24) is 14.4 Å². The number of aromatic nitrogens is 3. The first-order valence-corrected chi connectivity index (χ1v) is 21.1. The van der Waals surface area contributed by atoms with Gasteiger partial charge in [0.2, 0.25) is 0 Å². The van der Waals surface area contributed by atoms with Crippen LogP contribution in [0, 0.1) is 0 Å². The number of para-hydroxylation sites is 6. The van der Waals surface area contributed by atoms with Crippen LogP contribution in [0.4, 0.5) is 34.1 Å². The quantitative estimate of drug-likeness (QED) is 0.175. The van der Waals surface area contributed by atoms with Gasteiger partial charge in [0.25, 0.3) is 0 Å². The van der Waals surface area contributed by atoms with E-state index >= 15 is 0 Å². The zero-order chi connectivity index (χ0) is 40.7. The van der Waals surface area contributed by atoms with Gasteiger partial charge in [0, 0.05) is 60.9 Å². The lowest BCUT2D eigenvalue weighted by Crippen LogP contribution is -2.11. The molecule has 4 heterocycles. The first-order chi connectivity index (χ1) is 30.8. The number of fused-ring (bicyclic) bond motifs is 11. The molecule has 290 valence electrons. The smallest absolute Gasteiger partial charge is 0.146 e. The monoisotopic (exact) mass is 791 g/mol. The fourth-order valence-electron chi connectivity index (χ4n) is 9.95. The zero-order valence-electron chi connectivity index (χ0n) is 33.6. The van der Waals surface area contributed by atoms with Crippen LogP contribution in [0.5, 0.6) is 0 Å². The Bertz CT molecular complexity index is 3720. The molecule has 5 heteroatoms. The molecule has 0 saturated heterocycles. The molecule has 62 heavy (non-hydrogen) atoms. The van der Waals surface area contributed by atoms with E-state index in [1.807, 2.05) is 0 Å². The van der Waals surface area contributed by atoms with Gasteiger partial charge in [0.1, 0.15) is 5.65 Å². The summed E-state index contributed by atoms with van der Waals surface area (Å²) in [6.45, 7) is 0. The Hall–Kier alpha value is -8.41. The van der Waals surface area contributed by atoms with Crippen LogP contribution < -0.4 is 9.80 Å². The Morgan fingerprint density at radius 3 is 1.65 bits per heavy atom. The molecule has 0 aliphatic heterocycles. The number of H-pyrrole nitrogens is 1. The SMILES string of the molecule is c1ccc(N(c2ccccc2)c2cccc(-c3cccc4c3[nH]c3cc5c6cccc7c8c9ccccc9cc(N(c9ccccc9)c9ccccc9)c8n(c5nc34)c67)c2)cc1. The van der Waals surface area contributed by atoms with Gasteiger partial charge in [-0.2, -0.15) is 0 Å². The average Bonchev–Trinajstić information content (AvgIpc) is 4.00. The highest BCUT2D eigenvalue weighted by Crippen LogP contribution is 2.49. The van der Waals surface area contributed by atoms with Gasteiger partial charge in [-0.1, -0.05) is 146 Å². The molecule has 0 unspecified atom stereocenters. The van der Waals surface area contributed by atoms with Crippen LogP contribution >= 0.6 is 0 Å². The molecule has 0 spiro atoms. The van der Waals surface area contributed by atoms with E-state index < -0.39 is 0 Å². The first kappa shape index (κ1) is 34.5. The number of nitrogens with zero attached hydrogens (tertiary/aromatic N) is 4. The van der Waals surface area contributed by atoms with Crippen LogP contribution in [-0.2, 0) is 0 Å². The minimum absolute atomic E-state index is 0.950. The van der Waals surface area contributed by atoms with Crippen molar-refractivity contribution in [2.45, 2.75) is 0 Å². The number of rotatable bonds is 7. The number of benzene rings is 9. The maximum Gasteiger partial charge on any atom is 0.146 e. The van der Waals surface area contributed by atoms with Gasteiger partial charge in [-0.25, -0.2) is 4.98 Å². The number of aromatic amines is 1. The largest absolute Gasteiger partial charge is 0.353 e. The Balaban J connectivity index is 1.07. The van der Waals surface area contributed by atoms with Crippen molar-refractivity contribution in [2.24, 2.45) is 0 Å². The standard InChI is InChI=1S/C57H37N5/c1-5-20-39(21-6-1)60(40-22-7-2-8-23-40)43-28-15-19-37(34-43)45-30-16-33-48-53(45)58-50-36-49-46-31-17-32-47-52-44-29-14-13-18-38(44)35-51(56(52)62(55(46)47)57(49)59-54(48)50)61(41-24-9-3-10-25-41)42-26-11-4-12-27-42/h1-36,58H. The van der Waals surface area contributed by atoms with Crippen molar-refractivity contribution in [3.63, 3.8) is 0 Å². The highest BCUT2D eigenvalue weighted by atomic mass is 15.2. The molecule has 0 fully saturated rings. The van der Waals surface area contributed by atoms with Crippen molar-refractivity contribution in [3.8, 4) is 11.1 Å². The van der Waals surface area contributed by atoms with Gasteiger partial charge in [0.15, 0.2) is 0 Å². The highest BCUT2D eigenvalue weighted by Gasteiger charge is 2.26. The van der Waals surface area contributed by atoms with Crippen LogP contribution in [-0.4, -0.2) is 14.4 Å². The second-order valence-corrected chi connectivity index (χ2v) is 16.0. The van der Waals surface area contributed by atoms with E-state index in [2.05, 4.69) is 238 Å². The lowest BCUT2D eigenvalue weighted by molar-refractivity contribution is 1.25. The number of anilines is 6. The van der Waals surface area contributed by atoms with Gasteiger partial charge < -0.3 is 14.8 Å². The summed E-state index contributed by atoms with van der Waals surface area (Å²) in [6, 6.07) is 78.3. The first-order valence-electron chi connectivity index (χ1n) is 21.1. The van der Waals surface area contributed by atoms with E-state index in [1.54, 1.807) is 0 Å². The summed E-state index contributed by atoms with van der Waals surface area (Å²) in [5.74, 6) is 0. The highest BCUT2D eigenvalue weighted by molar-refractivity contribution is 6.31. The topological polar surface area (TPSA) is 39.6 Å². The van der Waals surface area contributed by atoms with Crippen molar-refractivity contribution in [3.05, 3.63) is 218 Å². The molecule has 9 aromatic carbocycles. The minimum Gasteiger partial charge on any atom is -0.353 e. The third-order valence-corrected chi connectivity index (χ3v) is 12.6. The maximum absolute atomic E-state index is 5.70. The molecule has 13 aromatic rings. The summed E-state index contributed by atoms with van der Waals surface area (Å²) in [4.78, 5) is 14.3. The molecular weight excluding hydrogens is 755 g/mol. The van der Waals surface area contributed by atoms with Crippen molar-refractivity contribution in [2.75, 3.05) is 9.80 Å². The van der Waals surface area contributed by atoms with Crippen molar-refractivity contribution >= 4 is 105 Å². The Kier molecular flexibility index (Phi) is 7.54. The van der Waals surface area contributed by atoms with Crippen LogP contribution in [0.25, 0.3) is 82.1 Å². The van der Waals surface area contributed by atoms with Crippen molar-refractivity contribution in [1.29, 1.82) is 0 Å². The molecule has 0 aliphatic carbocycles. The summed E-state index contributed by atoms with van der Waals surface area (Å²) < 4.78 is 2.45. The van der Waals surface area contributed by atoms with Crippen LogP contribution in [0.3, 0.4) is 0 Å². The van der Waals surface area contributed by atoms with Gasteiger partial charge in [-0.3, -0.25) is 4.40 Å². The van der Waals surface area contributed by atoms with E-state index in [1.165, 1.54) is 32.4 Å². The Morgan fingerprint density at radius 2 is 0.952 bits per heavy atom. The summed E-state index contributed by atoms with van der Waals surface area (Å²) in [5, 5.41) is 8.31. The lowest BCUT2D eigenvalue weighted by Gasteiger charge is -2.27. The summed E-state index contributed by atoms with van der Waals surface area (Å²) >= 11 is 0. The normalized spacial score (nSPS) is 11.9. The summed E-state index contributed by atoms with van der Waals surface area (Å²) in [6.07, 6.45) is 0. The maximum atomic E-state index is 5.70. The molecule has 0 radical (unpaired) electrons. The molecule has 4 aromatic heterocycles. The second-order valence-electron chi connectivity index (χ2n) is 16.0. The molecule has 0 atom stereocenters. The minimum atomic E-state index is 0.950. The van der Waals surface area contributed by atoms with E-state index in [9.17, 15) is 0 Å². The third-order valence-electron chi connectivity index (χ3n) is 12.6. The van der Waals surface area contributed by atoms with Crippen LogP contribution in [0.15, 0.2) is 218 Å². The second kappa shape index (κ2) is 13.6. The van der Waals surface area contributed by atoms with Crippen molar-refractivity contribution < 1.29 is 0 Å². The molecule has 0 saturated carbocycles. The van der Waals surface area contributed by atoms with E-state index in [0.29, 0.717) is 0 Å². The Morgan fingerprint density at radius 1 is 0.403 bits per heavy atom. The molecule has 5 nitrogen and oxygen atoms in total. The summed E-state index contributed by atoms with van der Waals surface area (Å²) in [5.41, 5.74) is 15.2. The molecule has 0 amide bonds. The fraction of sp³-hybridized carbons (Fsp3) is 0. The average molecular weight is 792 g/mol. The Labute approximate surface area is 357 Å². The number of pyridine rings is 1. The molecule has 0 aliphatic rings. The number of nitrogens with one attached hydrogen (secondary N) is 1. The predicted octanol–water partition coefficient (Wildman–Crippen LogP) is 15.6. The van der Waals surface area contributed by atoms with E-state index in [4.69, 9.17) is 4.98 Å². The predicted molar refractivity (Wildman–Crippen MR) is 261 cm³/mol. The number of hydrogen-bond donors (Lipinski definition) is 1. The summed E-state index contributed by atoms with van der Waals surface area (Å²) in [7, 11) is 0. The van der Waals surface area contributed by atoms with E-state index in [0.717, 1.165) is 83.7 Å². The molecular formula is C57H37N5. The fourth-order valence-corrected chi connectivity index (χ4v) is 9.95. The lowest BCUT2D eigenvalue weighted by atomic mass is 10.0. The van der Waals surface area contributed by atoms with Gasteiger partial charge in [-0.05, 0) is 89.1 Å². The molecule has 0 bridgehead atoms. The molecule has 1 N–H and O–H groups in total. The third kappa shape index (κ3) is 5.12. The van der Waals surface area contributed by atoms with Gasteiger partial charge in [-0.15, -0.1) is 0 Å². The van der Waals surface area contributed by atoms with Crippen LogP contribution in [0.1, 0.15) is 0 Å². The van der Waals surface area contributed by atoms with Crippen LogP contribution in [0.2, 0.25) is 0 Å². The van der Waals surface area contributed by atoms with E-state index in [-0.39, 0.29) is 0 Å². The van der Waals surface area contributed by atoms with Gasteiger partial charge in [0.05, 0.1) is 33.3 Å².